The second kappa shape index (κ2) is 7.49. The van der Waals surface area contributed by atoms with Gasteiger partial charge in [0, 0.05) is 12.7 Å². The Hall–Kier alpha value is -3.00. The fourth-order valence-corrected chi connectivity index (χ4v) is 2.79. The van der Waals surface area contributed by atoms with Crippen LogP contribution in [0.2, 0.25) is 0 Å². The normalized spacial score (nSPS) is 12.5. The molecule has 26 heavy (non-hydrogen) atoms. The highest BCUT2D eigenvalue weighted by atomic mass is 19.1. The summed E-state index contributed by atoms with van der Waals surface area (Å²) in [6.07, 6.45) is 1.60. The highest BCUT2D eigenvalue weighted by Crippen LogP contribution is 2.18. The molecule has 2 heterocycles. The van der Waals surface area contributed by atoms with E-state index in [9.17, 15) is 14.0 Å². The smallest absolute Gasteiger partial charge is 0.350 e. The Labute approximate surface area is 149 Å². The summed E-state index contributed by atoms with van der Waals surface area (Å²) in [7, 11) is 3.71. The van der Waals surface area contributed by atoms with Gasteiger partial charge in [-0.2, -0.15) is 0 Å². The summed E-state index contributed by atoms with van der Waals surface area (Å²) < 4.78 is 16.0. The summed E-state index contributed by atoms with van der Waals surface area (Å²) in [4.78, 5) is 26.4. The summed E-state index contributed by atoms with van der Waals surface area (Å²) in [5, 5.41) is 6.92. The second-order valence-electron chi connectivity index (χ2n) is 6.21. The molecule has 136 valence electrons. The van der Waals surface area contributed by atoms with E-state index >= 15 is 0 Å². The average molecular weight is 357 g/mol. The zero-order chi connectivity index (χ0) is 18.7. The molecule has 0 saturated carbocycles. The Bertz CT molecular complexity index is 979. The van der Waals surface area contributed by atoms with Crippen molar-refractivity contribution in [3.63, 3.8) is 0 Å². The minimum Gasteiger partial charge on any atom is -0.353 e. The van der Waals surface area contributed by atoms with E-state index in [0.717, 1.165) is 10.2 Å². The second-order valence-corrected chi connectivity index (χ2v) is 6.21. The van der Waals surface area contributed by atoms with E-state index in [1.54, 1.807) is 30.5 Å². The van der Waals surface area contributed by atoms with Crippen LogP contribution in [0.5, 0.6) is 0 Å². The fraction of sp³-hybridized carbons (Fsp3) is 0.278. The number of nitrogens with one attached hydrogen (secondary N) is 1. The Morgan fingerprint density at radius 2 is 2.08 bits per heavy atom. The van der Waals surface area contributed by atoms with Crippen molar-refractivity contribution >= 4 is 11.6 Å². The third kappa shape index (κ3) is 3.80. The number of carbonyl (C=O) groups excluding carboxylic acids is 1. The summed E-state index contributed by atoms with van der Waals surface area (Å²) in [5.74, 6) is -0.657. The zero-order valence-corrected chi connectivity index (χ0v) is 14.6. The first kappa shape index (κ1) is 17.8. The molecule has 0 fully saturated rings. The minimum atomic E-state index is -0.370. The van der Waals surface area contributed by atoms with Gasteiger partial charge in [0.2, 0.25) is 5.91 Å². The highest BCUT2D eigenvalue weighted by Gasteiger charge is 2.17. The molecule has 0 aliphatic rings. The number of benzene rings is 1. The molecule has 0 saturated heterocycles. The molecule has 8 heteroatoms. The first-order valence-electron chi connectivity index (χ1n) is 8.18. The third-order valence-electron chi connectivity index (χ3n) is 4.13. The van der Waals surface area contributed by atoms with E-state index in [2.05, 4.69) is 10.4 Å². The highest BCUT2D eigenvalue weighted by molar-refractivity contribution is 5.75. The molecule has 0 radical (unpaired) electrons. The molecular weight excluding hydrogens is 337 g/mol. The first-order chi connectivity index (χ1) is 12.5. The maximum atomic E-state index is 13.5. The lowest BCUT2D eigenvalue weighted by atomic mass is 10.1. The van der Waals surface area contributed by atoms with Gasteiger partial charge in [-0.3, -0.25) is 9.20 Å². The van der Waals surface area contributed by atoms with Crippen LogP contribution in [0.1, 0.15) is 11.6 Å². The quantitative estimate of drug-likeness (QED) is 0.716. The van der Waals surface area contributed by atoms with Crippen LogP contribution in [0, 0.1) is 5.82 Å². The molecule has 1 aromatic carbocycles. The predicted octanol–water partition coefficient (Wildman–Crippen LogP) is 1.05. The number of carbonyl (C=O) groups is 1. The van der Waals surface area contributed by atoms with Crippen LogP contribution in [0.25, 0.3) is 5.65 Å². The topological polar surface area (TPSA) is 71.6 Å². The molecule has 0 aliphatic carbocycles. The first-order valence-corrected chi connectivity index (χ1v) is 8.18. The number of pyridine rings is 1. The molecule has 0 unspecified atom stereocenters. The van der Waals surface area contributed by atoms with Crippen LogP contribution in [-0.2, 0) is 11.3 Å². The van der Waals surface area contributed by atoms with Gasteiger partial charge in [-0.05, 0) is 43.9 Å². The van der Waals surface area contributed by atoms with Gasteiger partial charge in [-0.1, -0.05) is 18.2 Å². The maximum Gasteiger partial charge on any atom is 0.350 e. The minimum absolute atomic E-state index is 0.177. The maximum absolute atomic E-state index is 13.5. The number of aromatic nitrogens is 3. The number of hydrogen-bond acceptors (Lipinski definition) is 4. The molecule has 1 N–H and O–H groups in total. The lowest BCUT2D eigenvalue weighted by molar-refractivity contribution is -0.122. The van der Waals surface area contributed by atoms with Crippen LogP contribution in [0.3, 0.4) is 0 Å². The van der Waals surface area contributed by atoms with Gasteiger partial charge >= 0.3 is 5.69 Å². The number of hydrogen-bond donors (Lipinski definition) is 1. The predicted molar refractivity (Wildman–Crippen MR) is 95.3 cm³/mol. The Morgan fingerprint density at radius 3 is 2.77 bits per heavy atom. The third-order valence-corrected chi connectivity index (χ3v) is 4.13. The van der Waals surface area contributed by atoms with Crippen molar-refractivity contribution in [1.29, 1.82) is 0 Å². The van der Waals surface area contributed by atoms with Crippen molar-refractivity contribution < 1.29 is 9.18 Å². The number of halogens is 1. The van der Waals surface area contributed by atoms with Crippen molar-refractivity contribution in [3.05, 3.63) is 70.5 Å². The van der Waals surface area contributed by atoms with Gasteiger partial charge in [0.05, 0.1) is 6.04 Å². The monoisotopic (exact) mass is 357 g/mol. The largest absolute Gasteiger partial charge is 0.353 e. The van der Waals surface area contributed by atoms with Gasteiger partial charge in [-0.15, -0.1) is 5.10 Å². The van der Waals surface area contributed by atoms with E-state index in [1.165, 1.54) is 16.5 Å². The Morgan fingerprint density at radius 1 is 1.27 bits per heavy atom. The van der Waals surface area contributed by atoms with Crippen molar-refractivity contribution in [1.82, 2.24) is 24.4 Å². The number of rotatable bonds is 6. The van der Waals surface area contributed by atoms with Gasteiger partial charge in [-0.25, -0.2) is 13.9 Å². The Kier molecular flexibility index (Phi) is 5.13. The van der Waals surface area contributed by atoms with Gasteiger partial charge in [0.1, 0.15) is 12.4 Å². The summed E-state index contributed by atoms with van der Waals surface area (Å²) >= 11 is 0. The Balaban J connectivity index is 1.68. The van der Waals surface area contributed by atoms with Crippen LogP contribution in [0.15, 0.2) is 53.5 Å². The van der Waals surface area contributed by atoms with Crippen LogP contribution in [0.4, 0.5) is 4.39 Å². The molecule has 0 spiro atoms. The number of amides is 1. The fourth-order valence-electron chi connectivity index (χ4n) is 2.79. The zero-order valence-electron chi connectivity index (χ0n) is 14.6. The van der Waals surface area contributed by atoms with Crippen LogP contribution in [-0.4, -0.2) is 45.6 Å². The van der Waals surface area contributed by atoms with Crippen LogP contribution < -0.4 is 11.0 Å². The number of nitrogens with zero attached hydrogens (tertiary/aromatic N) is 4. The van der Waals surface area contributed by atoms with Crippen molar-refractivity contribution in [2.45, 2.75) is 12.6 Å². The molecule has 3 rings (SSSR count). The average Bonchev–Trinajstić information content (AvgIpc) is 2.91. The van der Waals surface area contributed by atoms with Crippen molar-refractivity contribution in [2.24, 2.45) is 0 Å². The summed E-state index contributed by atoms with van der Waals surface area (Å²) in [5.41, 5.74) is 0.876. The lowest BCUT2D eigenvalue weighted by Gasteiger charge is -2.25. The SMILES string of the molecule is CN(C)[C@H](CNC(=O)Cn1nc2ccccn2c1=O)c1cccc(F)c1. The molecule has 0 aliphatic heterocycles. The van der Waals surface area contributed by atoms with Gasteiger partial charge < -0.3 is 10.2 Å². The molecular formula is C18H20FN5O2. The lowest BCUT2D eigenvalue weighted by Crippen LogP contribution is -2.38. The van der Waals surface area contributed by atoms with E-state index < -0.39 is 0 Å². The molecule has 7 nitrogen and oxygen atoms in total. The molecule has 3 aromatic rings. The van der Waals surface area contributed by atoms with E-state index in [1.807, 2.05) is 25.1 Å². The summed E-state index contributed by atoms with van der Waals surface area (Å²) in [6, 6.07) is 11.3. The van der Waals surface area contributed by atoms with Crippen molar-refractivity contribution in [3.8, 4) is 0 Å². The standard InChI is InChI=1S/C18H20FN5O2/c1-22(2)15(13-6-5-7-14(19)10-13)11-20-17(25)12-24-18(26)23-9-4-3-8-16(23)21-24/h3-10,15H,11-12H2,1-2H3,(H,20,25)/t15-/m1/s1. The van der Waals surface area contributed by atoms with Gasteiger partial charge in [0.15, 0.2) is 5.65 Å². The van der Waals surface area contributed by atoms with E-state index in [4.69, 9.17) is 0 Å². The number of likely N-dealkylation sites (N-methyl/N-ethyl adjacent to an activating group) is 1. The van der Waals surface area contributed by atoms with Gasteiger partial charge in [0.25, 0.3) is 0 Å². The molecule has 0 bridgehead atoms. The van der Waals surface area contributed by atoms with E-state index in [-0.39, 0.29) is 36.5 Å². The van der Waals surface area contributed by atoms with Crippen molar-refractivity contribution in [2.75, 3.05) is 20.6 Å². The van der Waals surface area contributed by atoms with Crippen LogP contribution >= 0.6 is 0 Å². The number of fused-ring (bicyclic) bond motifs is 1. The molecule has 1 amide bonds. The molecule has 1 atom stereocenters. The summed E-state index contributed by atoms with van der Waals surface area (Å²) in [6.45, 7) is 0.112. The van der Waals surface area contributed by atoms with E-state index in [0.29, 0.717) is 5.65 Å². The molecule has 2 aromatic heterocycles.